The van der Waals surface area contributed by atoms with Gasteiger partial charge < -0.3 is 10.0 Å². The molecule has 5 heteroatoms. The van der Waals surface area contributed by atoms with Crippen LogP contribution in [0.3, 0.4) is 0 Å². The van der Waals surface area contributed by atoms with Gasteiger partial charge in [0.1, 0.15) is 6.04 Å². The fourth-order valence-electron chi connectivity index (χ4n) is 4.19. The summed E-state index contributed by atoms with van der Waals surface area (Å²) in [6.07, 6.45) is 1.13. The first kappa shape index (κ1) is 17.0. The number of carboxylic acid groups (broad SMARTS) is 1. The number of rotatable bonds is 4. The summed E-state index contributed by atoms with van der Waals surface area (Å²) < 4.78 is 0. The lowest BCUT2D eigenvalue weighted by Gasteiger charge is -2.42. The standard InChI is InChI=1S/C19H26N2O3/c1-12(2)9-16(18(23)24)21-17(22)15-10-13-7-5-6-8-14(13)11-20(15)19(21,3)4/h5-8,12,15-16H,9-11H2,1-4H3,(H,23,24)/t15-,16-/m0/s1. The topological polar surface area (TPSA) is 60.9 Å². The molecule has 3 rings (SSSR count). The first-order valence-corrected chi connectivity index (χ1v) is 8.63. The molecule has 0 spiro atoms. The van der Waals surface area contributed by atoms with Crippen molar-refractivity contribution < 1.29 is 14.7 Å². The number of aliphatic carboxylic acids is 1. The van der Waals surface area contributed by atoms with Crippen molar-refractivity contribution in [3.8, 4) is 0 Å². The second kappa shape index (κ2) is 5.88. The number of fused-ring (bicyclic) bond motifs is 2. The fraction of sp³-hybridized carbons (Fsp3) is 0.579. The molecular formula is C19H26N2O3. The van der Waals surface area contributed by atoms with Crippen LogP contribution >= 0.6 is 0 Å². The fourth-order valence-corrected chi connectivity index (χ4v) is 4.19. The highest BCUT2D eigenvalue weighted by atomic mass is 16.4. The van der Waals surface area contributed by atoms with Crippen molar-refractivity contribution in [3.05, 3.63) is 35.4 Å². The molecule has 1 saturated heterocycles. The Labute approximate surface area is 143 Å². The van der Waals surface area contributed by atoms with E-state index in [2.05, 4.69) is 17.0 Å². The van der Waals surface area contributed by atoms with E-state index in [-0.39, 0.29) is 17.9 Å². The van der Waals surface area contributed by atoms with E-state index >= 15 is 0 Å². The minimum atomic E-state index is -0.914. The zero-order valence-electron chi connectivity index (χ0n) is 14.8. The van der Waals surface area contributed by atoms with E-state index in [0.717, 1.165) is 0 Å². The Balaban J connectivity index is 1.97. The van der Waals surface area contributed by atoms with E-state index in [4.69, 9.17) is 0 Å². The van der Waals surface area contributed by atoms with Gasteiger partial charge in [0.2, 0.25) is 5.91 Å². The average molecular weight is 330 g/mol. The van der Waals surface area contributed by atoms with Gasteiger partial charge in [-0.3, -0.25) is 9.69 Å². The van der Waals surface area contributed by atoms with Crippen LogP contribution in [0.25, 0.3) is 0 Å². The Morgan fingerprint density at radius 1 is 1.29 bits per heavy atom. The van der Waals surface area contributed by atoms with E-state index < -0.39 is 17.7 Å². The van der Waals surface area contributed by atoms with Crippen LogP contribution < -0.4 is 0 Å². The summed E-state index contributed by atoms with van der Waals surface area (Å²) in [5.41, 5.74) is 1.82. The molecular weight excluding hydrogens is 304 g/mol. The quantitative estimate of drug-likeness (QED) is 0.921. The lowest BCUT2D eigenvalue weighted by atomic mass is 9.94. The van der Waals surface area contributed by atoms with E-state index in [1.807, 2.05) is 39.8 Å². The molecule has 0 bridgehead atoms. The molecule has 2 aliphatic heterocycles. The molecule has 1 N–H and O–H groups in total. The van der Waals surface area contributed by atoms with Gasteiger partial charge in [0.15, 0.2) is 0 Å². The van der Waals surface area contributed by atoms with Crippen LogP contribution in [-0.2, 0) is 22.6 Å². The highest BCUT2D eigenvalue weighted by Crippen LogP contribution is 2.40. The summed E-state index contributed by atoms with van der Waals surface area (Å²) in [7, 11) is 0. The minimum absolute atomic E-state index is 0.0532. The molecule has 2 aliphatic rings. The number of nitrogens with zero attached hydrogens (tertiary/aromatic N) is 2. The minimum Gasteiger partial charge on any atom is -0.480 e. The third-order valence-electron chi connectivity index (χ3n) is 5.35. The summed E-state index contributed by atoms with van der Waals surface area (Å²) in [6, 6.07) is 7.14. The molecule has 0 radical (unpaired) electrons. The molecule has 0 aromatic heterocycles. The number of carbonyl (C=O) groups is 2. The summed E-state index contributed by atoms with van der Waals surface area (Å²) in [5, 5.41) is 9.73. The van der Waals surface area contributed by atoms with E-state index in [0.29, 0.717) is 19.4 Å². The smallest absolute Gasteiger partial charge is 0.326 e. The van der Waals surface area contributed by atoms with Crippen molar-refractivity contribution in [1.82, 2.24) is 9.80 Å². The zero-order chi connectivity index (χ0) is 17.6. The van der Waals surface area contributed by atoms with Gasteiger partial charge in [0.05, 0.1) is 11.7 Å². The van der Waals surface area contributed by atoms with Crippen LogP contribution in [0.15, 0.2) is 24.3 Å². The maximum absolute atomic E-state index is 13.1. The first-order valence-electron chi connectivity index (χ1n) is 8.63. The third-order valence-corrected chi connectivity index (χ3v) is 5.35. The van der Waals surface area contributed by atoms with Gasteiger partial charge >= 0.3 is 5.97 Å². The predicted octanol–water partition coefficient (Wildman–Crippen LogP) is 2.49. The van der Waals surface area contributed by atoms with Gasteiger partial charge in [-0.05, 0) is 43.7 Å². The average Bonchev–Trinajstić information content (AvgIpc) is 2.69. The van der Waals surface area contributed by atoms with Crippen LogP contribution in [0.4, 0.5) is 0 Å². The van der Waals surface area contributed by atoms with E-state index in [9.17, 15) is 14.7 Å². The number of carboxylic acids is 1. The predicted molar refractivity (Wildman–Crippen MR) is 91.3 cm³/mol. The lowest BCUT2D eigenvalue weighted by Crippen LogP contribution is -2.56. The van der Waals surface area contributed by atoms with Crippen molar-refractivity contribution in [2.75, 3.05) is 0 Å². The third kappa shape index (κ3) is 2.61. The monoisotopic (exact) mass is 330 g/mol. The molecule has 2 heterocycles. The molecule has 0 saturated carbocycles. The SMILES string of the molecule is CC(C)C[C@@H](C(=O)O)N1C(=O)[C@@H]2Cc3ccccc3CN2C1(C)C. The molecule has 130 valence electrons. The number of hydrogen-bond donors (Lipinski definition) is 1. The van der Waals surface area contributed by atoms with Crippen molar-refractivity contribution in [3.63, 3.8) is 0 Å². The molecule has 0 unspecified atom stereocenters. The lowest BCUT2D eigenvalue weighted by molar-refractivity contribution is -0.154. The van der Waals surface area contributed by atoms with Gasteiger partial charge in [-0.1, -0.05) is 38.1 Å². The zero-order valence-corrected chi connectivity index (χ0v) is 14.8. The van der Waals surface area contributed by atoms with Crippen molar-refractivity contribution in [2.24, 2.45) is 5.92 Å². The number of benzene rings is 1. The maximum Gasteiger partial charge on any atom is 0.326 e. The summed E-state index contributed by atoms with van der Waals surface area (Å²) in [5.74, 6) is -0.755. The normalized spacial score (nSPS) is 24.0. The van der Waals surface area contributed by atoms with Gasteiger partial charge in [-0.25, -0.2) is 4.79 Å². The Morgan fingerprint density at radius 3 is 2.50 bits per heavy atom. The Kier molecular flexibility index (Phi) is 4.16. The van der Waals surface area contributed by atoms with Crippen LogP contribution in [0.2, 0.25) is 0 Å². The Morgan fingerprint density at radius 2 is 1.92 bits per heavy atom. The van der Waals surface area contributed by atoms with Gasteiger partial charge in [0, 0.05) is 6.54 Å². The first-order chi connectivity index (χ1) is 11.2. The number of hydrogen-bond acceptors (Lipinski definition) is 3. The Bertz CT molecular complexity index is 668. The van der Waals surface area contributed by atoms with Crippen LogP contribution in [0.5, 0.6) is 0 Å². The molecule has 2 atom stereocenters. The van der Waals surface area contributed by atoms with Gasteiger partial charge in [-0.15, -0.1) is 0 Å². The number of carbonyl (C=O) groups excluding carboxylic acids is 1. The van der Waals surface area contributed by atoms with Crippen LogP contribution in [0.1, 0.15) is 45.2 Å². The van der Waals surface area contributed by atoms with Crippen molar-refractivity contribution >= 4 is 11.9 Å². The summed E-state index contributed by atoms with van der Waals surface area (Å²) in [6.45, 7) is 8.60. The second-order valence-corrected chi connectivity index (χ2v) is 7.80. The molecule has 5 nitrogen and oxygen atoms in total. The Hall–Kier alpha value is -1.88. The maximum atomic E-state index is 13.1. The highest BCUT2D eigenvalue weighted by Gasteiger charge is 2.56. The van der Waals surface area contributed by atoms with Gasteiger partial charge in [-0.2, -0.15) is 0 Å². The molecule has 1 aromatic carbocycles. The van der Waals surface area contributed by atoms with Crippen molar-refractivity contribution in [2.45, 2.75) is 64.8 Å². The van der Waals surface area contributed by atoms with E-state index in [1.54, 1.807) is 4.90 Å². The molecule has 1 amide bonds. The highest BCUT2D eigenvalue weighted by molar-refractivity contribution is 5.90. The van der Waals surface area contributed by atoms with Crippen LogP contribution in [0, 0.1) is 5.92 Å². The second-order valence-electron chi connectivity index (χ2n) is 7.80. The molecule has 24 heavy (non-hydrogen) atoms. The van der Waals surface area contributed by atoms with Gasteiger partial charge in [0.25, 0.3) is 0 Å². The summed E-state index contributed by atoms with van der Waals surface area (Å²) in [4.78, 5) is 28.8. The van der Waals surface area contributed by atoms with Crippen molar-refractivity contribution in [1.29, 1.82) is 0 Å². The van der Waals surface area contributed by atoms with Crippen LogP contribution in [-0.4, -0.2) is 44.5 Å². The summed E-state index contributed by atoms with van der Waals surface area (Å²) >= 11 is 0. The molecule has 1 fully saturated rings. The molecule has 1 aromatic rings. The number of amides is 1. The van der Waals surface area contributed by atoms with E-state index in [1.165, 1.54) is 11.1 Å². The largest absolute Gasteiger partial charge is 0.480 e. The molecule has 0 aliphatic carbocycles.